The Morgan fingerprint density at radius 2 is 1.16 bits per heavy atom. The highest BCUT2D eigenvalue weighted by Crippen LogP contribution is 2.62. The third-order valence-corrected chi connectivity index (χ3v) is 8.74. The summed E-state index contributed by atoms with van der Waals surface area (Å²) < 4.78 is 145. The lowest BCUT2D eigenvalue weighted by Crippen LogP contribution is -2.32. The Hall–Kier alpha value is -5.86. The smallest absolute Gasteiger partial charge is 0.132 e. The van der Waals surface area contributed by atoms with Gasteiger partial charge in [0, 0.05) is 27.6 Å². The second-order valence-corrected chi connectivity index (χ2v) is 10.9. The minimum absolute atomic E-state index is 0.130. The number of hydrogen-bond acceptors (Lipinski definition) is 1. The van der Waals surface area contributed by atoms with Crippen molar-refractivity contribution in [3.8, 4) is 39.4 Å². The first-order chi connectivity index (χ1) is 28.6. The molecule has 0 saturated carbocycles. The van der Waals surface area contributed by atoms with Gasteiger partial charge >= 0.3 is 0 Å². The molecule has 1 aromatic heterocycles. The fourth-order valence-corrected chi connectivity index (χ4v) is 6.92. The Bertz CT molecular complexity index is 3240. The van der Waals surface area contributed by atoms with Gasteiger partial charge in [0.25, 0.3) is 0 Å². The van der Waals surface area contributed by atoms with Crippen LogP contribution in [0.5, 0.6) is 11.5 Å². The van der Waals surface area contributed by atoms with Crippen molar-refractivity contribution in [2.45, 2.75) is 5.41 Å². The van der Waals surface area contributed by atoms with E-state index in [9.17, 15) is 8.22 Å². The van der Waals surface area contributed by atoms with Crippen LogP contribution in [0, 0.1) is 0 Å². The summed E-state index contributed by atoms with van der Waals surface area (Å²) in [6.45, 7) is 0. The lowest BCUT2D eigenvalue weighted by Gasteiger charge is -2.39. The first-order valence-corrected chi connectivity index (χ1v) is 14.3. The van der Waals surface area contributed by atoms with Gasteiger partial charge in [-0.2, -0.15) is 0 Å². The third kappa shape index (κ3) is 3.23. The van der Waals surface area contributed by atoms with Crippen LogP contribution in [0.2, 0.25) is 0 Å². The molecule has 10 rings (SSSR count). The zero-order valence-electron chi connectivity index (χ0n) is 38.3. The highest BCUT2D eigenvalue weighted by Gasteiger charge is 2.50. The molecular formula is C43H27NO. The summed E-state index contributed by atoms with van der Waals surface area (Å²) in [5.41, 5.74) is -2.35. The fraction of sp³-hybridized carbons (Fsp3) is 0.0233. The summed E-state index contributed by atoms with van der Waals surface area (Å²) in [4.78, 5) is 0. The van der Waals surface area contributed by atoms with E-state index < -0.39 is 124 Å². The average molecular weight is 589 g/mol. The van der Waals surface area contributed by atoms with Crippen molar-refractivity contribution < 1.29 is 25.3 Å². The van der Waals surface area contributed by atoms with Gasteiger partial charge < -0.3 is 9.30 Å². The number of ether oxygens (including phenoxy) is 1. The van der Waals surface area contributed by atoms with Crippen LogP contribution in [0.1, 0.15) is 42.8 Å². The first-order valence-electron chi connectivity index (χ1n) is 21.8. The monoisotopic (exact) mass is 588 g/mol. The lowest BCUT2D eigenvalue weighted by atomic mass is 9.66. The normalized spacial score (nSPS) is 18.4. The molecule has 0 bridgehead atoms. The largest absolute Gasteiger partial charge is 0.457 e. The number of benzene rings is 7. The van der Waals surface area contributed by atoms with E-state index in [-0.39, 0.29) is 27.8 Å². The predicted molar refractivity (Wildman–Crippen MR) is 184 cm³/mol. The van der Waals surface area contributed by atoms with Crippen molar-refractivity contribution in [3.05, 3.63) is 186 Å². The van der Waals surface area contributed by atoms with E-state index in [1.54, 1.807) is 12.1 Å². The number of hydrogen-bond donors (Lipinski definition) is 0. The molecule has 2 aliphatic rings. The van der Waals surface area contributed by atoms with E-state index in [2.05, 4.69) is 0 Å². The van der Waals surface area contributed by atoms with Gasteiger partial charge in [-0.25, -0.2) is 0 Å². The third-order valence-electron chi connectivity index (χ3n) is 8.74. The Labute approximate surface area is 282 Å². The Morgan fingerprint density at radius 1 is 0.511 bits per heavy atom. The minimum atomic E-state index is -2.53. The number of aromatic nitrogens is 1. The molecule has 1 aliphatic heterocycles. The highest BCUT2D eigenvalue weighted by molar-refractivity contribution is 6.10. The average Bonchev–Trinajstić information content (AvgIpc) is 3.74. The van der Waals surface area contributed by atoms with Crippen molar-refractivity contribution in [3.63, 3.8) is 0 Å². The topological polar surface area (TPSA) is 14.2 Å². The lowest BCUT2D eigenvalue weighted by molar-refractivity contribution is 0.436. The van der Waals surface area contributed by atoms with Crippen LogP contribution in [0.25, 0.3) is 49.7 Å². The molecule has 210 valence electrons. The zero-order chi connectivity index (χ0) is 42.6. The quantitative estimate of drug-likeness (QED) is 0.196. The van der Waals surface area contributed by atoms with Crippen LogP contribution in [-0.2, 0) is 5.41 Å². The zero-order valence-corrected chi connectivity index (χ0v) is 23.3. The molecule has 1 spiro atoms. The molecule has 0 N–H and O–H groups in total. The van der Waals surface area contributed by atoms with Gasteiger partial charge in [0.05, 0.1) is 37.0 Å². The standard InChI is InChI=1S/C43H27NO/c1-2-12-30(13-3-1)44-39-20-10-6-16-33(39)34-24-22-29(27-40(34)44)28-23-25-42-38(26-28)43(37-19-9-11-21-41(37)45-42)35-17-7-4-14-31(35)32-15-5-8-18-36(32)43/h1-27H/i4D,5D,7D,8D,9D,11D,14D,15D,17D,18D,19D,21D,23D,25D,26D. The molecule has 2 heteroatoms. The number of nitrogens with zero attached hydrogens (tertiary/aromatic N) is 1. The van der Waals surface area contributed by atoms with Crippen molar-refractivity contribution in [1.29, 1.82) is 0 Å². The van der Waals surface area contributed by atoms with Crippen molar-refractivity contribution in [2.75, 3.05) is 0 Å². The summed E-state index contributed by atoms with van der Waals surface area (Å²) in [5.74, 6) is -1.12. The van der Waals surface area contributed by atoms with E-state index in [1.807, 2.05) is 65.2 Å². The first kappa shape index (κ1) is 14.3. The van der Waals surface area contributed by atoms with Crippen LogP contribution in [0.4, 0.5) is 0 Å². The molecular weight excluding hydrogens is 546 g/mol. The molecule has 2 nitrogen and oxygen atoms in total. The van der Waals surface area contributed by atoms with Gasteiger partial charge in [0.15, 0.2) is 0 Å². The van der Waals surface area contributed by atoms with Gasteiger partial charge in [-0.15, -0.1) is 0 Å². The molecule has 45 heavy (non-hydrogen) atoms. The Morgan fingerprint density at radius 3 is 1.96 bits per heavy atom. The maximum absolute atomic E-state index is 10.1. The van der Waals surface area contributed by atoms with Crippen LogP contribution < -0.4 is 4.74 Å². The summed E-state index contributed by atoms with van der Waals surface area (Å²) >= 11 is 0. The van der Waals surface area contributed by atoms with Gasteiger partial charge in [-0.3, -0.25) is 0 Å². The van der Waals surface area contributed by atoms with Crippen LogP contribution in [0.15, 0.2) is 163 Å². The van der Waals surface area contributed by atoms with Crippen LogP contribution >= 0.6 is 0 Å². The van der Waals surface area contributed by atoms with E-state index in [0.29, 0.717) is 5.52 Å². The minimum Gasteiger partial charge on any atom is -0.457 e. The molecule has 0 fully saturated rings. The maximum Gasteiger partial charge on any atom is 0.132 e. The van der Waals surface area contributed by atoms with Gasteiger partial charge in [0.2, 0.25) is 0 Å². The van der Waals surface area contributed by atoms with Gasteiger partial charge in [0.1, 0.15) is 11.5 Å². The molecule has 0 saturated heterocycles. The van der Waals surface area contributed by atoms with Crippen molar-refractivity contribution >= 4 is 21.8 Å². The van der Waals surface area contributed by atoms with Crippen LogP contribution in [0.3, 0.4) is 0 Å². The van der Waals surface area contributed by atoms with Gasteiger partial charge in [-0.05, 0) is 75.8 Å². The molecule has 0 radical (unpaired) electrons. The molecule has 0 unspecified atom stereocenters. The predicted octanol–water partition coefficient (Wildman–Crippen LogP) is 10.9. The molecule has 7 aromatic carbocycles. The summed E-state index contributed by atoms with van der Waals surface area (Å²) in [5, 5.41) is 1.77. The molecule has 2 heterocycles. The summed E-state index contributed by atoms with van der Waals surface area (Å²) in [7, 11) is 0. The van der Waals surface area contributed by atoms with Crippen LogP contribution in [-0.4, -0.2) is 4.57 Å². The van der Waals surface area contributed by atoms with Gasteiger partial charge in [-0.1, -0.05) is 121 Å². The van der Waals surface area contributed by atoms with Crippen molar-refractivity contribution in [1.82, 2.24) is 4.57 Å². The Balaban J connectivity index is 1.44. The van der Waals surface area contributed by atoms with E-state index in [0.717, 1.165) is 22.0 Å². The highest BCUT2D eigenvalue weighted by atomic mass is 16.5. The number of fused-ring (bicyclic) bond motifs is 12. The molecule has 0 atom stereocenters. The van der Waals surface area contributed by atoms with E-state index in [1.165, 1.54) is 0 Å². The SMILES string of the molecule is [2H]c1c([2H])c([2H])c2c(c1[2H])Oc1c([2H])c([2H])c(-c3ccc4c5ccccc5n(-c5ccccc5)c4c3)c([2H])c1C21c2c([2H])c([2H])c([2H])c([2H])c2-c2c([2H])c([2H])c([2H])c([2H])c21. The van der Waals surface area contributed by atoms with E-state index >= 15 is 0 Å². The molecule has 1 aliphatic carbocycles. The number of para-hydroxylation sites is 3. The second kappa shape index (κ2) is 9.07. The number of rotatable bonds is 2. The summed E-state index contributed by atoms with van der Waals surface area (Å²) in [6.07, 6.45) is 0. The molecule has 8 aromatic rings. The van der Waals surface area contributed by atoms with Crippen molar-refractivity contribution in [2.24, 2.45) is 0 Å². The summed E-state index contributed by atoms with van der Waals surface area (Å²) in [6, 6.07) is 12.1. The van der Waals surface area contributed by atoms with E-state index in [4.69, 9.17) is 17.1 Å². The molecule has 0 amide bonds. The Kier molecular flexibility index (Phi) is 2.88. The second-order valence-electron chi connectivity index (χ2n) is 10.9. The maximum atomic E-state index is 10.1. The fourth-order valence-electron chi connectivity index (χ4n) is 6.92.